The minimum absolute atomic E-state index is 0.478. The first-order valence-corrected chi connectivity index (χ1v) is 6.24. The number of nitrogens with zero attached hydrogens (tertiary/aromatic N) is 3. The summed E-state index contributed by atoms with van der Waals surface area (Å²) in [6, 6.07) is 14.1. The zero-order valence-corrected chi connectivity index (χ0v) is 10.7. The Kier molecular flexibility index (Phi) is 3.01. The van der Waals surface area contributed by atoms with Gasteiger partial charge >= 0.3 is 0 Å². The summed E-state index contributed by atoms with van der Waals surface area (Å²) in [5.74, 6) is 0. The molecular weight excluding hydrogens is 238 g/mol. The van der Waals surface area contributed by atoms with E-state index >= 15 is 0 Å². The first-order valence-electron chi connectivity index (χ1n) is 6.24. The quantitative estimate of drug-likeness (QED) is 0.779. The van der Waals surface area contributed by atoms with Gasteiger partial charge in [-0.1, -0.05) is 41.6 Å². The van der Waals surface area contributed by atoms with Gasteiger partial charge in [0.1, 0.15) is 0 Å². The second-order valence-corrected chi connectivity index (χ2v) is 4.71. The SMILES string of the molecule is Cn1cc(CC(O)c2ccc3ccccc3c2)nn1. The Bertz CT molecular complexity index is 705. The number of aliphatic hydroxyl groups is 1. The van der Waals surface area contributed by atoms with E-state index in [-0.39, 0.29) is 0 Å². The topological polar surface area (TPSA) is 50.9 Å². The number of aryl methyl sites for hydroxylation is 1. The zero-order valence-electron chi connectivity index (χ0n) is 10.7. The number of hydrogen-bond acceptors (Lipinski definition) is 3. The molecule has 1 atom stereocenters. The highest BCUT2D eigenvalue weighted by Crippen LogP contribution is 2.22. The Morgan fingerprint density at radius 1 is 1.16 bits per heavy atom. The van der Waals surface area contributed by atoms with Crippen molar-refractivity contribution in [2.75, 3.05) is 0 Å². The Hall–Kier alpha value is -2.20. The lowest BCUT2D eigenvalue weighted by Gasteiger charge is -2.10. The fraction of sp³-hybridized carbons (Fsp3) is 0.200. The number of benzene rings is 2. The maximum Gasteiger partial charge on any atom is 0.0856 e. The van der Waals surface area contributed by atoms with Crippen molar-refractivity contribution >= 4 is 10.8 Å². The third-order valence-corrected chi connectivity index (χ3v) is 3.21. The third kappa shape index (κ3) is 2.48. The van der Waals surface area contributed by atoms with Crippen LogP contribution in [0.2, 0.25) is 0 Å². The Labute approximate surface area is 111 Å². The van der Waals surface area contributed by atoms with Crippen LogP contribution in [-0.2, 0) is 13.5 Å². The average molecular weight is 253 g/mol. The molecule has 3 aromatic rings. The largest absolute Gasteiger partial charge is 0.388 e. The van der Waals surface area contributed by atoms with Crippen molar-refractivity contribution in [3.05, 3.63) is 59.9 Å². The molecule has 0 spiro atoms. The highest BCUT2D eigenvalue weighted by atomic mass is 16.3. The molecule has 19 heavy (non-hydrogen) atoms. The van der Waals surface area contributed by atoms with Crippen LogP contribution in [0.1, 0.15) is 17.4 Å². The lowest BCUT2D eigenvalue weighted by atomic mass is 10.0. The van der Waals surface area contributed by atoms with Crippen LogP contribution in [0.25, 0.3) is 10.8 Å². The van der Waals surface area contributed by atoms with Crippen molar-refractivity contribution in [2.45, 2.75) is 12.5 Å². The molecule has 1 N–H and O–H groups in total. The van der Waals surface area contributed by atoms with Crippen molar-refractivity contribution in [3.63, 3.8) is 0 Å². The van der Waals surface area contributed by atoms with Gasteiger partial charge in [-0.05, 0) is 22.4 Å². The summed E-state index contributed by atoms with van der Waals surface area (Å²) in [6.45, 7) is 0. The Balaban J connectivity index is 1.86. The van der Waals surface area contributed by atoms with E-state index in [4.69, 9.17) is 0 Å². The number of aromatic nitrogens is 3. The first kappa shape index (κ1) is 11.9. The summed E-state index contributed by atoms with van der Waals surface area (Å²) < 4.78 is 1.64. The summed E-state index contributed by atoms with van der Waals surface area (Å²) in [5.41, 5.74) is 1.70. The summed E-state index contributed by atoms with van der Waals surface area (Å²) in [6.07, 6.45) is 1.75. The van der Waals surface area contributed by atoms with E-state index in [1.807, 2.05) is 49.6 Å². The molecule has 0 fully saturated rings. The molecule has 0 aliphatic rings. The maximum atomic E-state index is 10.3. The van der Waals surface area contributed by atoms with E-state index in [1.165, 1.54) is 5.39 Å². The van der Waals surface area contributed by atoms with Crippen LogP contribution in [0, 0.1) is 0 Å². The molecule has 0 saturated carbocycles. The van der Waals surface area contributed by atoms with E-state index in [9.17, 15) is 5.11 Å². The van der Waals surface area contributed by atoms with Crippen LogP contribution in [-0.4, -0.2) is 20.1 Å². The van der Waals surface area contributed by atoms with Gasteiger partial charge in [0.15, 0.2) is 0 Å². The minimum Gasteiger partial charge on any atom is -0.388 e. The molecule has 0 radical (unpaired) electrons. The van der Waals surface area contributed by atoms with Crippen molar-refractivity contribution < 1.29 is 5.11 Å². The molecule has 1 aromatic heterocycles. The monoisotopic (exact) mass is 253 g/mol. The molecule has 0 amide bonds. The van der Waals surface area contributed by atoms with Crippen LogP contribution in [0.3, 0.4) is 0 Å². The minimum atomic E-state index is -0.554. The number of fused-ring (bicyclic) bond motifs is 1. The van der Waals surface area contributed by atoms with Crippen LogP contribution in [0.4, 0.5) is 0 Å². The predicted molar refractivity (Wildman–Crippen MR) is 73.6 cm³/mol. The molecule has 2 aromatic carbocycles. The van der Waals surface area contributed by atoms with E-state index in [0.29, 0.717) is 6.42 Å². The average Bonchev–Trinajstić information content (AvgIpc) is 2.83. The van der Waals surface area contributed by atoms with Crippen LogP contribution < -0.4 is 0 Å². The van der Waals surface area contributed by atoms with Gasteiger partial charge in [-0.25, -0.2) is 0 Å². The van der Waals surface area contributed by atoms with Gasteiger partial charge in [0, 0.05) is 19.7 Å². The van der Waals surface area contributed by atoms with Gasteiger partial charge in [-0.15, -0.1) is 5.10 Å². The third-order valence-electron chi connectivity index (χ3n) is 3.21. The van der Waals surface area contributed by atoms with Crippen LogP contribution in [0.5, 0.6) is 0 Å². The lowest BCUT2D eigenvalue weighted by molar-refractivity contribution is 0.177. The van der Waals surface area contributed by atoms with Crippen LogP contribution >= 0.6 is 0 Å². The summed E-state index contributed by atoms with van der Waals surface area (Å²) in [7, 11) is 1.82. The van der Waals surface area contributed by atoms with Gasteiger partial charge in [-0.2, -0.15) is 0 Å². The molecule has 3 rings (SSSR count). The molecule has 96 valence electrons. The Morgan fingerprint density at radius 3 is 2.68 bits per heavy atom. The zero-order chi connectivity index (χ0) is 13.2. The molecular formula is C15H15N3O. The lowest BCUT2D eigenvalue weighted by Crippen LogP contribution is -2.02. The van der Waals surface area contributed by atoms with Gasteiger partial charge in [0.2, 0.25) is 0 Å². The van der Waals surface area contributed by atoms with E-state index in [2.05, 4.69) is 16.4 Å². The normalized spacial score (nSPS) is 12.7. The van der Waals surface area contributed by atoms with Crippen molar-refractivity contribution in [2.24, 2.45) is 7.05 Å². The van der Waals surface area contributed by atoms with Crippen molar-refractivity contribution in [1.82, 2.24) is 15.0 Å². The van der Waals surface area contributed by atoms with Crippen LogP contribution in [0.15, 0.2) is 48.7 Å². The number of aliphatic hydroxyl groups excluding tert-OH is 1. The summed E-state index contributed by atoms with van der Waals surface area (Å²) in [5, 5.41) is 20.4. The second-order valence-electron chi connectivity index (χ2n) is 4.71. The highest BCUT2D eigenvalue weighted by Gasteiger charge is 2.11. The highest BCUT2D eigenvalue weighted by molar-refractivity contribution is 5.83. The van der Waals surface area contributed by atoms with Gasteiger partial charge in [0.05, 0.1) is 11.8 Å². The van der Waals surface area contributed by atoms with E-state index in [1.54, 1.807) is 4.68 Å². The molecule has 1 heterocycles. The van der Waals surface area contributed by atoms with Gasteiger partial charge < -0.3 is 5.11 Å². The molecule has 0 aliphatic carbocycles. The second kappa shape index (κ2) is 4.82. The molecule has 0 saturated heterocycles. The van der Waals surface area contributed by atoms with E-state index < -0.39 is 6.10 Å². The maximum absolute atomic E-state index is 10.3. The molecule has 0 bridgehead atoms. The number of rotatable bonds is 3. The summed E-state index contributed by atoms with van der Waals surface area (Å²) >= 11 is 0. The van der Waals surface area contributed by atoms with Crippen molar-refractivity contribution in [1.29, 1.82) is 0 Å². The van der Waals surface area contributed by atoms with Gasteiger partial charge in [-0.3, -0.25) is 4.68 Å². The fourth-order valence-electron chi connectivity index (χ4n) is 2.22. The molecule has 4 nitrogen and oxygen atoms in total. The molecule has 0 aliphatic heterocycles. The van der Waals surface area contributed by atoms with Crippen molar-refractivity contribution in [3.8, 4) is 0 Å². The predicted octanol–water partition coefficient (Wildman–Crippen LogP) is 2.24. The first-order chi connectivity index (χ1) is 9.22. The van der Waals surface area contributed by atoms with E-state index in [0.717, 1.165) is 16.6 Å². The fourth-order valence-corrected chi connectivity index (χ4v) is 2.22. The molecule has 4 heteroatoms. The summed E-state index contributed by atoms with van der Waals surface area (Å²) in [4.78, 5) is 0. The van der Waals surface area contributed by atoms with Gasteiger partial charge in [0.25, 0.3) is 0 Å². The number of hydrogen-bond donors (Lipinski definition) is 1. The molecule has 1 unspecified atom stereocenters. The Morgan fingerprint density at radius 2 is 1.95 bits per heavy atom. The smallest absolute Gasteiger partial charge is 0.0856 e. The standard InChI is InChI=1S/C15H15N3O/c1-18-10-14(16-17-18)9-15(19)13-7-6-11-4-2-3-5-12(11)8-13/h2-8,10,15,19H,9H2,1H3.